The number of anilines is 1. The largest absolute Gasteiger partial charge is 0.395 e. The van der Waals surface area contributed by atoms with Gasteiger partial charge in [0, 0.05) is 23.9 Å². The molecule has 0 aliphatic carbocycles. The van der Waals surface area contributed by atoms with Crippen molar-refractivity contribution in [3.05, 3.63) is 59.4 Å². The van der Waals surface area contributed by atoms with Crippen LogP contribution in [0.25, 0.3) is 0 Å². The SMILES string of the molecule is Cc1cc(NC(=O)c2ccccn2)ccc1C#CCCO. The zero-order valence-electron chi connectivity index (χ0n) is 11.8. The second-order valence-corrected chi connectivity index (χ2v) is 4.47. The number of amides is 1. The molecule has 0 aliphatic heterocycles. The van der Waals surface area contributed by atoms with Crippen LogP contribution in [0.3, 0.4) is 0 Å². The Kier molecular flexibility index (Phi) is 5.08. The van der Waals surface area contributed by atoms with Gasteiger partial charge in [-0.2, -0.15) is 0 Å². The van der Waals surface area contributed by atoms with E-state index < -0.39 is 0 Å². The molecule has 0 atom stereocenters. The fourth-order valence-electron chi connectivity index (χ4n) is 1.79. The van der Waals surface area contributed by atoms with Crippen molar-refractivity contribution in [2.24, 2.45) is 0 Å². The van der Waals surface area contributed by atoms with E-state index in [4.69, 9.17) is 5.11 Å². The number of aromatic nitrogens is 1. The van der Waals surface area contributed by atoms with Gasteiger partial charge in [-0.05, 0) is 42.8 Å². The van der Waals surface area contributed by atoms with E-state index in [2.05, 4.69) is 22.1 Å². The molecule has 1 amide bonds. The van der Waals surface area contributed by atoms with Crippen LogP contribution >= 0.6 is 0 Å². The molecule has 0 spiro atoms. The maximum Gasteiger partial charge on any atom is 0.274 e. The van der Waals surface area contributed by atoms with Gasteiger partial charge in [0.1, 0.15) is 5.69 Å². The summed E-state index contributed by atoms with van der Waals surface area (Å²) >= 11 is 0. The van der Waals surface area contributed by atoms with Gasteiger partial charge >= 0.3 is 0 Å². The van der Waals surface area contributed by atoms with E-state index in [-0.39, 0.29) is 12.5 Å². The van der Waals surface area contributed by atoms with Gasteiger partial charge in [0.05, 0.1) is 6.61 Å². The summed E-state index contributed by atoms with van der Waals surface area (Å²) in [5.74, 6) is 5.63. The first kappa shape index (κ1) is 14.8. The highest BCUT2D eigenvalue weighted by Crippen LogP contribution is 2.15. The van der Waals surface area contributed by atoms with Crippen molar-refractivity contribution in [1.29, 1.82) is 0 Å². The van der Waals surface area contributed by atoms with Crippen LogP contribution in [0.4, 0.5) is 5.69 Å². The molecule has 0 bridgehead atoms. The summed E-state index contributed by atoms with van der Waals surface area (Å²) in [6.45, 7) is 1.99. The predicted octanol–water partition coefficient (Wildman–Crippen LogP) is 2.38. The van der Waals surface area contributed by atoms with Gasteiger partial charge in [0.15, 0.2) is 0 Å². The molecular weight excluding hydrogens is 264 g/mol. The second-order valence-electron chi connectivity index (χ2n) is 4.47. The first-order chi connectivity index (χ1) is 10.2. The number of aliphatic hydroxyl groups excluding tert-OH is 1. The second kappa shape index (κ2) is 7.22. The van der Waals surface area contributed by atoms with Gasteiger partial charge in [0.2, 0.25) is 0 Å². The van der Waals surface area contributed by atoms with Crippen LogP contribution in [-0.2, 0) is 0 Å². The molecule has 0 radical (unpaired) electrons. The van der Waals surface area contributed by atoms with E-state index in [1.54, 1.807) is 30.5 Å². The fourth-order valence-corrected chi connectivity index (χ4v) is 1.79. The summed E-state index contributed by atoms with van der Waals surface area (Å²) in [4.78, 5) is 16.0. The molecular formula is C17H16N2O2. The molecule has 21 heavy (non-hydrogen) atoms. The topological polar surface area (TPSA) is 62.2 Å². The lowest BCUT2D eigenvalue weighted by atomic mass is 10.1. The maximum atomic E-state index is 12.0. The average Bonchev–Trinajstić information content (AvgIpc) is 2.50. The zero-order chi connectivity index (χ0) is 15.1. The number of pyridine rings is 1. The molecule has 2 rings (SSSR count). The van der Waals surface area contributed by atoms with Crippen molar-refractivity contribution in [2.75, 3.05) is 11.9 Å². The van der Waals surface area contributed by atoms with Crippen molar-refractivity contribution in [2.45, 2.75) is 13.3 Å². The molecule has 2 N–H and O–H groups in total. The third kappa shape index (κ3) is 4.16. The van der Waals surface area contributed by atoms with E-state index in [0.717, 1.165) is 11.1 Å². The van der Waals surface area contributed by atoms with Crippen LogP contribution in [0.1, 0.15) is 28.0 Å². The molecule has 1 heterocycles. The average molecular weight is 280 g/mol. The Labute approximate surface area is 123 Å². The van der Waals surface area contributed by atoms with E-state index in [9.17, 15) is 4.79 Å². The van der Waals surface area contributed by atoms with Gasteiger partial charge in [-0.1, -0.05) is 17.9 Å². The van der Waals surface area contributed by atoms with Crippen molar-refractivity contribution in [3.63, 3.8) is 0 Å². The van der Waals surface area contributed by atoms with E-state index in [1.165, 1.54) is 0 Å². The standard InChI is InChI=1S/C17H16N2O2/c1-13-12-15(9-8-14(13)6-3-5-11-20)19-17(21)16-7-2-4-10-18-16/h2,4,7-10,12,20H,5,11H2,1H3,(H,19,21). The van der Waals surface area contributed by atoms with Gasteiger partial charge < -0.3 is 10.4 Å². The minimum Gasteiger partial charge on any atom is -0.395 e. The molecule has 0 saturated heterocycles. The number of benzene rings is 1. The van der Waals surface area contributed by atoms with Crippen molar-refractivity contribution >= 4 is 11.6 Å². The van der Waals surface area contributed by atoms with E-state index in [0.29, 0.717) is 17.8 Å². The lowest BCUT2D eigenvalue weighted by Crippen LogP contribution is -2.13. The predicted molar refractivity (Wildman–Crippen MR) is 82.0 cm³/mol. The Bertz CT molecular complexity index is 685. The van der Waals surface area contributed by atoms with Crippen molar-refractivity contribution < 1.29 is 9.90 Å². The summed E-state index contributed by atoms with van der Waals surface area (Å²) in [5, 5.41) is 11.5. The summed E-state index contributed by atoms with van der Waals surface area (Å²) in [6, 6.07) is 10.7. The zero-order valence-corrected chi connectivity index (χ0v) is 11.8. The van der Waals surface area contributed by atoms with Crippen LogP contribution in [0.5, 0.6) is 0 Å². The number of carbonyl (C=O) groups is 1. The quantitative estimate of drug-likeness (QED) is 0.849. The number of hydrogen-bond acceptors (Lipinski definition) is 3. The first-order valence-corrected chi connectivity index (χ1v) is 6.63. The number of rotatable bonds is 3. The number of aliphatic hydroxyl groups is 1. The van der Waals surface area contributed by atoms with Crippen LogP contribution in [0.15, 0.2) is 42.6 Å². The Hall–Kier alpha value is -2.64. The van der Waals surface area contributed by atoms with Crippen LogP contribution < -0.4 is 5.32 Å². The van der Waals surface area contributed by atoms with Crippen LogP contribution in [-0.4, -0.2) is 22.6 Å². The lowest BCUT2D eigenvalue weighted by Gasteiger charge is -2.06. The molecule has 4 heteroatoms. The molecule has 4 nitrogen and oxygen atoms in total. The normalized spacial score (nSPS) is 9.62. The minimum atomic E-state index is -0.242. The van der Waals surface area contributed by atoms with Gasteiger partial charge in [0.25, 0.3) is 5.91 Å². The highest BCUT2D eigenvalue weighted by molar-refractivity contribution is 6.02. The van der Waals surface area contributed by atoms with Gasteiger partial charge in [-0.25, -0.2) is 0 Å². The lowest BCUT2D eigenvalue weighted by molar-refractivity contribution is 0.102. The van der Waals surface area contributed by atoms with Crippen molar-refractivity contribution in [1.82, 2.24) is 4.98 Å². The molecule has 0 fully saturated rings. The Morgan fingerprint density at radius 1 is 1.33 bits per heavy atom. The summed E-state index contributed by atoms with van der Waals surface area (Å²) in [7, 11) is 0. The Morgan fingerprint density at radius 2 is 2.19 bits per heavy atom. The number of hydrogen-bond donors (Lipinski definition) is 2. The van der Waals surface area contributed by atoms with Crippen LogP contribution in [0, 0.1) is 18.8 Å². The molecule has 106 valence electrons. The smallest absolute Gasteiger partial charge is 0.274 e. The summed E-state index contributed by atoms with van der Waals surface area (Å²) in [5.41, 5.74) is 2.94. The molecule has 0 aliphatic rings. The third-order valence-corrected chi connectivity index (χ3v) is 2.84. The van der Waals surface area contributed by atoms with Crippen molar-refractivity contribution in [3.8, 4) is 11.8 Å². The van der Waals surface area contributed by atoms with Gasteiger partial charge in [-0.3, -0.25) is 9.78 Å². The van der Waals surface area contributed by atoms with E-state index >= 15 is 0 Å². The highest BCUT2D eigenvalue weighted by Gasteiger charge is 2.07. The molecule has 2 aromatic rings. The monoisotopic (exact) mass is 280 g/mol. The number of nitrogens with one attached hydrogen (secondary N) is 1. The number of aryl methyl sites for hydroxylation is 1. The highest BCUT2D eigenvalue weighted by atomic mass is 16.2. The molecule has 1 aromatic carbocycles. The maximum absolute atomic E-state index is 12.0. The van der Waals surface area contributed by atoms with Gasteiger partial charge in [-0.15, -0.1) is 0 Å². The minimum absolute atomic E-state index is 0.0598. The Balaban J connectivity index is 2.11. The third-order valence-electron chi connectivity index (χ3n) is 2.84. The Morgan fingerprint density at radius 3 is 2.86 bits per heavy atom. The number of carbonyl (C=O) groups excluding carboxylic acids is 1. The first-order valence-electron chi connectivity index (χ1n) is 6.63. The fraction of sp³-hybridized carbons (Fsp3) is 0.176. The summed E-state index contributed by atoms with van der Waals surface area (Å²) < 4.78 is 0. The molecule has 0 saturated carbocycles. The summed E-state index contributed by atoms with van der Waals surface area (Å²) in [6.07, 6.45) is 2.04. The van der Waals surface area contributed by atoms with E-state index in [1.807, 2.05) is 19.1 Å². The molecule has 0 unspecified atom stereocenters. The molecule has 1 aromatic heterocycles. The van der Waals surface area contributed by atoms with Crippen LogP contribution in [0.2, 0.25) is 0 Å². The number of nitrogens with zero attached hydrogens (tertiary/aromatic N) is 1.